The van der Waals surface area contributed by atoms with Crippen molar-refractivity contribution in [3.8, 4) is 0 Å². The van der Waals surface area contributed by atoms with Gasteiger partial charge in [0, 0.05) is 11.4 Å². The van der Waals surface area contributed by atoms with Crippen LogP contribution in [0.4, 0.5) is 0 Å². The van der Waals surface area contributed by atoms with Crippen molar-refractivity contribution in [2.24, 2.45) is 0 Å². The first-order chi connectivity index (χ1) is 7.10. The summed E-state index contributed by atoms with van der Waals surface area (Å²) in [6.07, 6.45) is 1.92. The van der Waals surface area contributed by atoms with Gasteiger partial charge in [-0.25, -0.2) is 13.1 Å². The summed E-state index contributed by atoms with van der Waals surface area (Å²) in [6, 6.07) is 6.59. The molecular formula is C9H13NO3S2. The molecule has 15 heavy (non-hydrogen) atoms. The molecule has 0 radical (unpaired) electrons. The molecule has 0 atom stereocenters. The van der Waals surface area contributed by atoms with Crippen molar-refractivity contribution in [3.05, 3.63) is 24.3 Å². The van der Waals surface area contributed by atoms with E-state index < -0.39 is 10.0 Å². The van der Waals surface area contributed by atoms with Crippen molar-refractivity contribution in [2.75, 3.05) is 19.4 Å². The number of hydrogen-bond donors (Lipinski definition) is 2. The molecule has 0 aliphatic rings. The summed E-state index contributed by atoms with van der Waals surface area (Å²) < 4.78 is 25.4. The predicted octanol–water partition coefficient (Wildman–Crippen LogP) is 0.679. The largest absolute Gasteiger partial charge is 0.395 e. The van der Waals surface area contributed by atoms with Gasteiger partial charge in [-0.1, -0.05) is 0 Å². The molecule has 2 N–H and O–H groups in total. The van der Waals surface area contributed by atoms with Crippen LogP contribution in [-0.2, 0) is 10.0 Å². The van der Waals surface area contributed by atoms with Gasteiger partial charge in [0.2, 0.25) is 10.0 Å². The summed E-state index contributed by atoms with van der Waals surface area (Å²) in [6.45, 7) is -0.172. The minimum atomic E-state index is -3.47. The van der Waals surface area contributed by atoms with Crippen molar-refractivity contribution in [2.45, 2.75) is 9.79 Å². The number of sulfonamides is 1. The van der Waals surface area contributed by atoms with Crippen LogP contribution in [0.2, 0.25) is 0 Å². The van der Waals surface area contributed by atoms with Crippen LogP contribution >= 0.6 is 11.8 Å². The molecule has 0 aliphatic carbocycles. The van der Waals surface area contributed by atoms with Crippen molar-refractivity contribution in [3.63, 3.8) is 0 Å². The van der Waals surface area contributed by atoms with Crippen LogP contribution in [0, 0.1) is 0 Å². The van der Waals surface area contributed by atoms with E-state index in [-0.39, 0.29) is 18.0 Å². The smallest absolute Gasteiger partial charge is 0.240 e. The summed E-state index contributed by atoms with van der Waals surface area (Å²) in [5.74, 6) is 0. The zero-order valence-electron chi connectivity index (χ0n) is 8.30. The monoisotopic (exact) mass is 247 g/mol. The van der Waals surface area contributed by atoms with Gasteiger partial charge in [-0.2, -0.15) is 0 Å². The maximum Gasteiger partial charge on any atom is 0.240 e. The van der Waals surface area contributed by atoms with Crippen molar-refractivity contribution < 1.29 is 13.5 Å². The Morgan fingerprint density at radius 3 is 2.40 bits per heavy atom. The quantitative estimate of drug-likeness (QED) is 0.751. The van der Waals surface area contributed by atoms with Gasteiger partial charge >= 0.3 is 0 Å². The van der Waals surface area contributed by atoms with E-state index in [9.17, 15) is 8.42 Å². The summed E-state index contributed by atoms with van der Waals surface area (Å²) in [4.78, 5) is 1.23. The van der Waals surface area contributed by atoms with Crippen LogP contribution in [0.15, 0.2) is 34.1 Å². The highest BCUT2D eigenvalue weighted by molar-refractivity contribution is 7.98. The highest BCUT2D eigenvalue weighted by Crippen LogP contribution is 2.17. The first kappa shape index (κ1) is 12.5. The van der Waals surface area contributed by atoms with E-state index in [2.05, 4.69) is 4.72 Å². The molecule has 0 saturated carbocycles. The van der Waals surface area contributed by atoms with Gasteiger partial charge < -0.3 is 5.11 Å². The highest BCUT2D eigenvalue weighted by Gasteiger charge is 2.12. The molecule has 0 saturated heterocycles. The first-order valence-electron chi connectivity index (χ1n) is 4.35. The summed E-state index contributed by atoms with van der Waals surface area (Å²) in [7, 11) is -3.47. The average molecular weight is 247 g/mol. The van der Waals surface area contributed by atoms with Gasteiger partial charge in [0.1, 0.15) is 0 Å². The number of nitrogens with one attached hydrogen (secondary N) is 1. The molecule has 0 spiro atoms. The molecule has 0 aromatic heterocycles. The van der Waals surface area contributed by atoms with E-state index in [0.717, 1.165) is 4.90 Å². The molecule has 0 aliphatic heterocycles. The van der Waals surface area contributed by atoms with Crippen LogP contribution in [0.5, 0.6) is 0 Å². The molecular weight excluding hydrogens is 234 g/mol. The minimum absolute atomic E-state index is 0.0343. The Bertz CT molecular complexity index is 400. The molecule has 0 unspecified atom stereocenters. The van der Waals surface area contributed by atoms with E-state index >= 15 is 0 Å². The zero-order valence-corrected chi connectivity index (χ0v) is 9.94. The van der Waals surface area contributed by atoms with Crippen LogP contribution in [0.25, 0.3) is 0 Å². The second kappa shape index (κ2) is 5.50. The Morgan fingerprint density at radius 2 is 1.93 bits per heavy atom. The van der Waals surface area contributed by atoms with E-state index in [1.54, 1.807) is 36.0 Å². The SMILES string of the molecule is CSc1ccc(S(=O)(=O)NCCO)cc1. The third-order valence-corrected chi connectivity index (χ3v) is 3.99. The molecule has 0 fully saturated rings. The molecule has 6 heteroatoms. The number of benzene rings is 1. The van der Waals surface area contributed by atoms with E-state index in [1.807, 2.05) is 6.26 Å². The topological polar surface area (TPSA) is 66.4 Å². The maximum absolute atomic E-state index is 11.6. The standard InChI is InChI=1S/C9H13NO3S2/c1-14-8-2-4-9(5-3-8)15(12,13)10-6-7-11/h2-5,10-11H,6-7H2,1H3. The van der Waals surface area contributed by atoms with Crippen LogP contribution in [0.1, 0.15) is 0 Å². The fourth-order valence-electron chi connectivity index (χ4n) is 1.02. The molecule has 0 bridgehead atoms. The van der Waals surface area contributed by atoms with Gasteiger partial charge in [0.25, 0.3) is 0 Å². The fraction of sp³-hybridized carbons (Fsp3) is 0.333. The summed E-state index contributed by atoms with van der Waals surface area (Å²) in [5.41, 5.74) is 0. The van der Waals surface area contributed by atoms with Crippen LogP contribution < -0.4 is 4.72 Å². The number of hydrogen-bond acceptors (Lipinski definition) is 4. The number of thioether (sulfide) groups is 1. The van der Waals surface area contributed by atoms with E-state index in [4.69, 9.17) is 5.11 Å². The lowest BCUT2D eigenvalue weighted by molar-refractivity contribution is 0.301. The third-order valence-electron chi connectivity index (χ3n) is 1.77. The number of aliphatic hydroxyl groups excluding tert-OH is 1. The van der Waals surface area contributed by atoms with Gasteiger partial charge in [-0.15, -0.1) is 11.8 Å². The molecule has 1 rings (SSSR count). The van der Waals surface area contributed by atoms with Gasteiger partial charge in [-0.05, 0) is 30.5 Å². The van der Waals surface area contributed by atoms with Crippen molar-refractivity contribution in [1.29, 1.82) is 0 Å². The van der Waals surface area contributed by atoms with Crippen LogP contribution in [0.3, 0.4) is 0 Å². The fourth-order valence-corrected chi connectivity index (χ4v) is 2.45. The van der Waals surface area contributed by atoms with Gasteiger partial charge in [0.05, 0.1) is 11.5 Å². The van der Waals surface area contributed by atoms with Gasteiger partial charge in [-0.3, -0.25) is 0 Å². The molecule has 84 valence electrons. The van der Waals surface area contributed by atoms with E-state index in [1.165, 1.54) is 0 Å². The molecule has 1 aromatic rings. The van der Waals surface area contributed by atoms with Crippen molar-refractivity contribution in [1.82, 2.24) is 4.72 Å². The maximum atomic E-state index is 11.6. The Hall–Kier alpha value is -0.560. The Labute approximate surface area is 93.8 Å². The average Bonchev–Trinajstić information content (AvgIpc) is 2.26. The Balaban J connectivity index is 2.86. The van der Waals surface area contributed by atoms with Crippen molar-refractivity contribution >= 4 is 21.8 Å². The Morgan fingerprint density at radius 1 is 1.33 bits per heavy atom. The second-order valence-electron chi connectivity index (χ2n) is 2.80. The lowest BCUT2D eigenvalue weighted by Crippen LogP contribution is -2.26. The molecule has 4 nitrogen and oxygen atoms in total. The molecule has 0 amide bonds. The normalized spacial score (nSPS) is 11.6. The molecule has 0 heterocycles. The van der Waals surface area contributed by atoms with E-state index in [0.29, 0.717) is 0 Å². The lowest BCUT2D eigenvalue weighted by Gasteiger charge is -2.05. The van der Waals surface area contributed by atoms with Gasteiger partial charge in [0.15, 0.2) is 0 Å². The predicted molar refractivity (Wildman–Crippen MR) is 60.5 cm³/mol. The zero-order chi connectivity index (χ0) is 11.3. The Kier molecular flexibility index (Phi) is 4.59. The van der Waals surface area contributed by atoms with Crippen LogP contribution in [-0.4, -0.2) is 32.9 Å². The molecule has 1 aromatic carbocycles. The second-order valence-corrected chi connectivity index (χ2v) is 5.44. The highest BCUT2D eigenvalue weighted by atomic mass is 32.2. The third kappa shape index (κ3) is 3.49. The number of rotatable bonds is 5. The summed E-state index contributed by atoms with van der Waals surface area (Å²) >= 11 is 1.55. The number of aliphatic hydroxyl groups is 1. The summed E-state index contributed by atoms with van der Waals surface area (Å²) in [5, 5.41) is 8.53. The minimum Gasteiger partial charge on any atom is -0.395 e. The lowest BCUT2D eigenvalue weighted by atomic mass is 10.4. The first-order valence-corrected chi connectivity index (χ1v) is 7.05.